The van der Waals surface area contributed by atoms with Crippen molar-refractivity contribution in [2.24, 2.45) is 5.84 Å². The Bertz CT molecular complexity index is 192. The van der Waals surface area contributed by atoms with E-state index in [0.717, 1.165) is 26.1 Å². The van der Waals surface area contributed by atoms with Crippen LogP contribution in [0.3, 0.4) is 0 Å². The summed E-state index contributed by atoms with van der Waals surface area (Å²) in [6.45, 7) is 1.71. The molecule has 0 aliphatic carbocycles. The van der Waals surface area contributed by atoms with E-state index in [1.165, 1.54) is 0 Å². The minimum atomic E-state index is -5.08. The molecule has 0 bridgehead atoms. The van der Waals surface area contributed by atoms with Crippen molar-refractivity contribution in [2.75, 3.05) is 13.2 Å². The Kier molecular flexibility index (Phi) is 6.21. The van der Waals surface area contributed by atoms with Crippen LogP contribution in [0.2, 0.25) is 0 Å². The highest BCUT2D eigenvalue weighted by molar-refractivity contribution is 5.73. The molecular formula is C7H13F3N2O3. The van der Waals surface area contributed by atoms with Gasteiger partial charge in [0.1, 0.15) is 0 Å². The summed E-state index contributed by atoms with van der Waals surface area (Å²) in [6, 6.07) is 0.490. The van der Waals surface area contributed by atoms with E-state index in [1.807, 2.05) is 0 Å². The van der Waals surface area contributed by atoms with Crippen molar-refractivity contribution < 1.29 is 27.8 Å². The maximum Gasteiger partial charge on any atom is 0.490 e. The largest absolute Gasteiger partial charge is 0.490 e. The first-order valence-electron chi connectivity index (χ1n) is 4.22. The highest BCUT2D eigenvalue weighted by Gasteiger charge is 2.38. The van der Waals surface area contributed by atoms with Gasteiger partial charge in [0.2, 0.25) is 0 Å². The van der Waals surface area contributed by atoms with Crippen LogP contribution >= 0.6 is 0 Å². The van der Waals surface area contributed by atoms with Crippen LogP contribution in [0.25, 0.3) is 0 Å². The molecule has 1 rings (SSSR count). The van der Waals surface area contributed by atoms with E-state index in [1.54, 1.807) is 0 Å². The molecule has 0 aromatic heterocycles. The number of nitrogens with two attached hydrogens (primary N) is 1. The second-order valence-corrected chi connectivity index (χ2v) is 2.86. The van der Waals surface area contributed by atoms with Crippen LogP contribution < -0.4 is 11.3 Å². The smallest absolute Gasteiger partial charge is 0.475 e. The summed E-state index contributed by atoms with van der Waals surface area (Å²) >= 11 is 0. The quantitative estimate of drug-likeness (QED) is 0.444. The normalized spacial score (nSPS) is 17.9. The lowest BCUT2D eigenvalue weighted by atomic mass is 10.1. The molecule has 0 aromatic rings. The van der Waals surface area contributed by atoms with Crippen LogP contribution in [0.4, 0.5) is 13.2 Å². The Hall–Kier alpha value is -0.860. The molecule has 1 heterocycles. The molecule has 0 atom stereocenters. The second-order valence-electron chi connectivity index (χ2n) is 2.86. The van der Waals surface area contributed by atoms with Crippen molar-refractivity contribution >= 4 is 5.97 Å². The Morgan fingerprint density at radius 1 is 1.40 bits per heavy atom. The second kappa shape index (κ2) is 6.59. The van der Waals surface area contributed by atoms with Crippen LogP contribution in [-0.4, -0.2) is 36.5 Å². The number of rotatable bonds is 1. The maximum atomic E-state index is 10.6. The maximum absolute atomic E-state index is 10.6. The number of hydrogen-bond donors (Lipinski definition) is 3. The Morgan fingerprint density at radius 3 is 2.00 bits per heavy atom. The molecule has 0 aromatic carbocycles. The topological polar surface area (TPSA) is 84.6 Å². The van der Waals surface area contributed by atoms with Crippen molar-refractivity contribution in [1.29, 1.82) is 0 Å². The number of carboxylic acids is 1. The van der Waals surface area contributed by atoms with Gasteiger partial charge in [-0.15, -0.1) is 0 Å². The monoisotopic (exact) mass is 230 g/mol. The van der Waals surface area contributed by atoms with Gasteiger partial charge < -0.3 is 9.84 Å². The van der Waals surface area contributed by atoms with E-state index in [0.29, 0.717) is 6.04 Å². The molecule has 8 heteroatoms. The van der Waals surface area contributed by atoms with Gasteiger partial charge in [0, 0.05) is 19.3 Å². The average molecular weight is 230 g/mol. The molecule has 1 saturated heterocycles. The minimum Gasteiger partial charge on any atom is -0.475 e. The number of carbonyl (C=O) groups is 1. The standard InChI is InChI=1S/C5H12N2O.C2HF3O2/c6-7-5-1-3-8-4-2-5;3-2(4,5)1(6)7/h5,7H,1-4,6H2;(H,6,7). The van der Waals surface area contributed by atoms with Crippen molar-refractivity contribution in [2.45, 2.75) is 25.1 Å². The van der Waals surface area contributed by atoms with Crippen LogP contribution in [0.15, 0.2) is 0 Å². The zero-order valence-electron chi connectivity index (χ0n) is 7.88. The van der Waals surface area contributed by atoms with Crippen LogP contribution in [-0.2, 0) is 9.53 Å². The van der Waals surface area contributed by atoms with Gasteiger partial charge in [-0.05, 0) is 12.8 Å². The molecule has 4 N–H and O–H groups in total. The number of ether oxygens (including phenoxy) is 1. The van der Waals surface area contributed by atoms with Gasteiger partial charge in [-0.2, -0.15) is 13.2 Å². The minimum absolute atomic E-state index is 0.490. The van der Waals surface area contributed by atoms with Crippen molar-refractivity contribution in [3.05, 3.63) is 0 Å². The fraction of sp³-hybridized carbons (Fsp3) is 0.857. The van der Waals surface area contributed by atoms with E-state index in [4.69, 9.17) is 20.5 Å². The lowest BCUT2D eigenvalue weighted by Crippen LogP contribution is -2.39. The number of alkyl halides is 3. The summed E-state index contributed by atoms with van der Waals surface area (Å²) in [6.07, 6.45) is -2.98. The van der Waals surface area contributed by atoms with Gasteiger partial charge in [-0.25, -0.2) is 4.79 Å². The SMILES string of the molecule is NNC1CCOCC1.O=C(O)C(F)(F)F. The van der Waals surface area contributed by atoms with Crippen molar-refractivity contribution in [1.82, 2.24) is 5.43 Å². The van der Waals surface area contributed by atoms with Crippen LogP contribution in [0, 0.1) is 0 Å². The van der Waals surface area contributed by atoms with E-state index >= 15 is 0 Å². The van der Waals surface area contributed by atoms with Gasteiger partial charge in [0.15, 0.2) is 0 Å². The van der Waals surface area contributed by atoms with Gasteiger partial charge in [-0.1, -0.05) is 0 Å². The molecule has 1 aliphatic heterocycles. The van der Waals surface area contributed by atoms with Gasteiger partial charge in [0.05, 0.1) is 0 Å². The van der Waals surface area contributed by atoms with Crippen LogP contribution in [0.5, 0.6) is 0 Å². The molecule has 1 fully saturated rings. The van der Waals surface area contributed by atoms with Gasteiger partial charge >= 0.3 is 12.1 Å². The molecule has 15 heavy (non-hydrogen) atoms. The predicted molar refractivity (Wildman–Crippen MR) is 44.9 cm³/mol. The van der Waals surface area contributed by atoms with E-state index < -0.39 is 12.1 Å². The molecule has 1 aliphatic rings. The summed E-state index contributed by atoms with van der Waals surface area (Å²) in [7, 11) is 0. The zero-order valence-corrected chi connectivity index (χ0v) is 7.88. The predicted octanol–water partition coefficient (Wildman–Crippen LogP) is 0.262. The summed E-state index contributed by atoms with van der Waals surface area (Å²) < 4.78 is 36.8. The number of aliphatic carboxylic acids is 1. The molecular weight excluding hydrogens is 217 g/mol. The summed E-state index contributed by atoms with van der Waals surface area (Å²) in [5, 5.41) is 7.12. The molecule has 0 unspecified atom stereocenters. The number of carboxylic acid groups (broad SMARTS) is 1. The fourth-order valence-electron chi connectivity index (χ4n) is 0.864. The van der Waals surface area contributed by atoms with Crippen molar-refractivity contribution in [3.63, 3.8) is 0 Å². The highest BCUT2D eigenvalue weighted by Crippen LogP contribution is 2.13. The molecule has 90 valence electrons. The Labute approximate surface area is 84.4 Å². The van der Waals surface area contributed by atoms with Crippen molar-refractivity contribution in [3.8, 4) is 0 Å². The third-order valence-corrected chi connectivity index (χ3v) is 1.70. The molecule has 5 nitrogen and oxygen atoms in total. The van der Waals surface area contributed by atoms with E-state index in [9.17, 15) is 13.2 Å². The Morgan fingerprint density at radius 2 is 1.80 bits per heavy atom. The highest BCUT2D eigenvalue weighted by atomic mass is 19.4. The molecule has 0 saturated carbocycles. The lowest BCUT2D eigenvalue weighted by molar-refractivity contribution is -0.192. The Balaban J connectivity index is 0.000000265. The molecule has 0 spiro atoms. The molecule has 0 amide bonds. The van der Waals surface area contributed by atoms with Gasteiger partial charge in [0.25, 0.3) is 0 Å². The van der Waals surface area contributed by atoms with E-state index in [2.05, 4.69) is 5.43 Å². The third kappa shape index (κ3) is 7.11. The number of hydrogen-bond acceptors (Lipinski definition) is 4. The average Bonchev–Trinajstić information content (AvgIpc) is 2.18. The van der Waals surface area contributed by atoms with Crippen LogP contribution in [0.1, 0.15) is 12.8 Å². The summed E-state index contributed by atoms with van der Waals surface area (Å²) in [4.78, 5) is 8.90. The number of halogens is 3. The first-order chi connectivity index (χ1) is 6.88. The number of hydrazine groups is 1. The summed E-state index contributed by atoms with van der Waals surface area (Å²) in [5.41, 5.74) is 2.72. The number of nitrogens with one attached hydrogen (secondary N) is 1. The first-order valence-corrected chi connectivity index (χ1v) is 4.22. The van der Waals surface area contributed by atoms with Gasteiger partial charge in [-0.3, -0.25) is 11.3 Å². The summed E-state index contributed by atoms with van der Waals surface area (Å²) in [5.74, 6) is 2.44. The molecule has 0 radical (unpaired) electrons. The third-order valence-electron chi connectivity index (χ3n) is 1.70. The lowest BCUT2D eigenvalue weighted by Gasteiger charge is -2.20. The van der Waals surface area contributed by atoms with E-state index in [-0.39, 0.29) is 0 Å². The zero-order chi connectivity index (χ0) is 11.9. The first kappa shape index (κ1) is 14.1. The fourth-order valence-corrected chi connectivity index (χ4v) is 0.864.